The van der Waals surface area contributed by atoms with Gasteiger partial charge in [-0.25, -0.2) is 8.42 Å². The van der Waals surface area contributed by atoms with E-state index in [4.69, 9.17) is 23.2 Å². The van der Waals surface area contributed by atoms with Gasteiger partial charge < -0.3 is 5.32 Å². The molecule has 8 heteroatoms. The molecule has 0 aliphatic heterocycles. The number of benzene rings is 1. The molecule has 0 spiro atoms. The summed E-state index contributed by atoms with van der Waals surface area (Å²) in [4.78, 5) is 12.5. The summed E-state index contributed by atoms with van der Waals surface area (Å²) in [5, 5.41) is 3.49. The molecule has 0 aromatic heterocycles. The maximum atomic E-state index is 12.5. The van der Waals surface area contributed by atoms with Crippen LogP contribution >= 0.6 is 23.2 Å². The summed E-state index contributed by atoms with van der Waals surface area (Å²) < 4.78 is 25.5. The van der Waals surface area contributed by atoms with E-state index in [2.05, 4.69) is 5.32 Å². The third-order valence-corrected chi connectivity index (χ3v) is 5.72. The van der Waals surface area contributed by atoms with Gasteiger partial charge in [-0.1, -0.05) is 36.0 Å². The van der Waals surface area contributed by atoms with Gasteiger partial charge in [0.25, 0.3) is 0 Å². The van der Waals surface area contributed by atoms with Crippen LogP contribution in [0.4, 0.5) is 5.69 Å². The zero-order chi connectivity index (χ0) is 17.2. The lowest BCUT2D eigenvalue weighted by molar-refractivity contribution is -0.122. The molecule has 23 heavy (non-hydrogen) atoms. The average Bonchev–Trinajstić information content (AvgIpc) is 2.94. The topological polar surface area (TPSA) is 66.5 Å². The van der Waals surface area contributed by atoms with Crippen LogP contribution in [-0.4, -0.2) is 32.7 Å². The van der Waals surface area contributed by atoms with E-state index in [0.717, 1.165) is 36.2 Å². The molecule has 0 radical (unpaired) electrons. The first-order valence-electron chi connectivity index (χ1n) is 7.45. The second kappa shape index (κ2) is 7.28. The van der Waals surface area contributed by atoms with Crippen LogP contribution in [0.15, 0.2) is 18.2 Å². The summed E-state index contributed by atoms with van der Waals surface area (Å²) in [5.74, 6) is -0.335. The van der Waals surface area contributed by atoms with E-state index in [0.29, 0.717) is 5.02 Å². The Morgan fingerprint density at radius 3 is 2.48 bits per heavy atom. The van der Waals surface area contributed by atoms with E-state index in [1.807, 2.05) is 0 Å². The molecular weight excluding hydrogens is 359 g/mol. The lowest BCUT2D eigenvalue weighted by Crippen LogP contribution is -2.50. The van der Waals surface area contributed by atoms with E-state index >= 15 is 0 Å². The van der Waals surface area contributed by atoms with Crippen LogP contribution in [-0.2, 0) is 14.8 Å². The third kappa shape index (κ3) is 4.52. The van der Waals surface area contributed by atoms with E-state index in [-0.39, 0.29) is 22.7 Å². The molecule has 0 saturated heterocycles. The van der Waals surface area contributed by atoms with Crippen LogP contribution < -0.4 is 9.62 Å². The summed E-state index contributed by atoms with van der Waals surface area (Å²) in [6, 6.07) is 3.73. The fourth-order valence-electron chi connectivity index (χ4n) is 2.83. The van der Waals surface area contributed by atoms with Crippen LogP contribution in [0.5, 0.6) is 0 Å². The van der Waals surface area contributed by atoms with Crippen LogP contribution in [0.1, 0.15) is 32.6 Å². The Hall–Kier alpha value is -0.980. The number of carbonyl (C=O) groups is 1. The number of nitrogens with zero attached hydrogens (tertiary/aromatic N) is 1. The highest BCUT2D eigenvalue weighted by Crippen LogP contribution is 2.32. The molecule has 1 fully saturated rings. The maximum Gasteiger partial charge on any atom is 0.243 e. The van der Waals surface area contributed by atoms with Gasteiger partial charge in [0.05, 0.1) is 17.0 Å². The highest BCUT2D eigenvalue weighted by molar-refractivity contribution is 7.92. The second-order valence-corrected chi connectivity index (χ2v) is 8.52. The first kappa shape index (κ1) is 18.4. The van der Waals surface area contributed by atoms with Crippen molar-refractivity contribution in [2.75, 3.05) is 10.6 Å². The number of carbonyl (C=O) groups excluding carboxylic acids is 1. The van der Waals surface area contributed by atoms with Crippen molar-refractivity contribution in [2.45, 2.75) is 44.7 Å². The largest absolute Gasteiger partial charge is 0.352 e. The summed E-state index contributed by atoms with van der Waals surface area (Å²) >= 11 is 12.1. The smallest absolute Gasteiger partial charge is 0.243 e. The highest BCUT2D eigenvalue weighted by atomic mass is 35.5. The Bertz CT molecular complexity index is 688. The van der Waals surface area contributed by atoms with Crippen LogP contribution in [0.2, 0.25) is 10.0 Å². The van der Waals surface area contributed by atoms with Crippen molar-refractivity contribution >= 4 is 44.8 Å². The van der Waals surface area contributed by atoms with Crippen molar-refractivity contribution in [3.63, 3.8) is 0 Å². The van der Waals surface area contributed by atoms with Gasteiger partial charge in [0, 0.05) is 11.1 Å². The van der Waals surface area contributed by atoms with Gasteiger partial charge in [-0.15, -0.1) is 0 Å². The number of nitrogens with one attached hydrogen (secondary N) is 1. The van der Waals surface area contributed by atoms with Crippen molar-refractivity contribution < 1.29 is 13.2 Å². The van der Waals surface area contributed by atoms with E-state index in [1.54, 1.807) is 13.0 Å². The standard InChI is InChI=1S/C15H20Cl2N2O3S/c1-10(15(20)18-12-5-3-4-6-12)19(23(2,21)22)14-9-11(16)7-8-13(14)17/h7-10,12H,3-6H2,1-2H3,(H,18,20)/t10-/m0/s1. The first-order chi connectivity index (χ1) is 10.7. The number of sulfonamides is 1. The highest BCUT2D eigenvalue weighted by Gasteiger charge is 2.32. The van der Waals surface area contributed by atoms with Crippen molar-refractivity contribution in [3.8, 4) is 0 Å². The lowest BCUT2D eigenvalue weighted by Gasteiger charge is -2.30. The maximum absolute atomic E-state index is 12.5. The number of halogens is 2. The molecule has 1 saturated carbocycles. The molecule has 0 heterocycles. The molecule has 1 N–H and O–H groups in total. The fraction of sp³-hybridized carbons (Fsp3) is 0.533. The van der Waals surface area contributed by atoms with Gasteiger partial charge in [0.2, 0.25) is 15.9 Å². The Morgan fingerprint density at radius 1 is 1.30 bits per heavy atom. The van der Waals surface area contributed by atoms with Gasteiger partial charge in [-0.05, 0) is 38.0 Å². The molecule has 1 aliphatic rings. The average molecular weight is 379 g/mol. The summed E-state index contributed by atoms with van der Waals surface area (Å²) in [5.41, 5.74) is 0.204. The Kier molecular flexibility index (Phi) is 5.81. The second-order valence-electron chi connectivity index (χ2n) is 5.82. The number of hydrogen-bond donors (Lipinski definition) is 1. The molecule has 5 nitrogen and oxygen atoms in total. The zero-order valence-electron chi connectivity index (χ0n) is 13.1. The SMILES string of the molecule is C[C@@H](C(=O)NC1CCCC1)N(c1cc(Cl)ccc1Cl)S(C)(=O)=O. The Balaban J connectivity index is 2.31. The van der Waals surface area contributed by atoms with Gasteiger partial charge >= 0.3 is 0 Å². The van der Waals surface area contributed by atoms with Gasteiger partial charge in [0.1, 0.15) is 6.04 Å². The van der Waals surface area contributed by atoms with Crippen LogP contribution in [0.3, 0.4) is 0 Å². The number of hydrogen-bond acceptors (Lipinski definition) is 3. The molecule has 128 valence electrons. The van der Waals surface area contributed by atoms with Crippen molar-refractivity contribution in [2.24, 2.45) is 0 Å². The predicted octanol–water partition coefficient (Wildman–Crippen LogP) is 3.21. The number of amides is 1. The minimum atomic E-state index is -3.71. The molecule has 0 bridgehead atoms. The zero-order valence-corrected chi connectivity index (χ0v) is 15.4. The molecule has 1 aromatic carbocycles. The van der Waals surface area contributed by atoms with Gasteiger partial charge in [0.15, 0.2) is 0 Å². The molecule has 1 aromatic rings. The quantitative estimate of drug-likeness (QED) is 0.854. The molecule has 1 atom stereocenters. The Morgan fingerprint density at radius 2 is 1.91 bits per heavy atom. The van der Waals surface area contributed by atoms with Gasteiger partial charge in [-0.3, -0.25) is 9.10 Å². The lowest BCUT2D eigenvalue weighted by atomic mass is 10.2. The number of anilines is 1. The Labute approximate surface area is 147 Å². The summed E-state index contributed by atoms with van der Waals surface area (Å²) in [6.07, 6.45) is 5.05. The molecule has 0 unspecified atom stereocenters. The summed E-state index contributed by atoms with van der Waals surface area (Å²) in [7, 11) is -3.71. The molecule has 2 rings (SSSR count). The van der Waals surface area contributed by atoms with Crippen LogP contribution in [0, 0.1) is 0 Å². The normalized spacial score (nSPS) is 17.0. The van der Waals surface area contributed by atoms with Crippen LogP contribution in [0.25, 0.3) is 0 Å². The minimum absolute atomic E-state index is 0.112. The number of rotatable bonds is 5. The van der Waals surface area contributed by atoms with E-state index < -0.39 is 16.1 Å². The fourth-order valence-corrected chi connectivity index (χ4v) is 4.43. The van der Waals surface area contributed by atoms with Crippen molar-refractivity contribution in [1.29, 1.82) is 0 Å². The summed E-state index contributed by atoms with van der Waals surface area (Å²) in [6.45, 7) is 1.54. The van der Waals surface area contributed by atoms with Crippen molar-refractivity contribution in [1.82, 2.24) is 5.32 Å². The minimum Gasteiger partial charge on any atom is -0.352 e. The van der Waals surface area contributed by atoms with Crippen molar-refractivity contribution in [3.05, 3.63) is 28.2 Å². The monoisotopic (exact) mass is 378 g/mol. The third-order valence-electron chi connectivity index (χ3n) is 3.94. The van der Waals surface area contributed by atoms with E-state index in [9.17, 15) is 13.2 Å². The molecule has 1 amide bonds. The van der Waals surface area contributed by atoms with Gasteiger partial charge in [-0.2, -0.15) is 0 Å². The molecule has 1 aliphatic carbocycles. The van der Waals surface area contributed by atoms with E-state index in [1.165, 1.54) is 12.1 Å². The molecular formula is C15H20Cl2N2O3S. The predicted molar refractivity (Wildman–Crippen MR) is 93.6 cm³/mol. The first-order valence-corrected chi connectivity index (χ1v) is 10.1.